The van der Waals surface area contributed by atoms with Gasteiger partial charge in [-0.1, -0.05) is 18.1 Å². The number of nitrogens with zero attached hydrogens (tertiary/aromatic N) is 1. The molecule has 0 heterocycles. The van der Waals surface area contributed by atoms with Crippen LogP contribution in [0.1, 0.15) is 5.56 Å². The molecule has 0 radical (unpaired) electrons. The largest absolute Gasteiger partial charge is 0.480 e. The Hall–Kier alpha value is -3.66. The third-order valence-electron chi connectivity index (χ3n) is 2.91. The fourth-order valence-corrected chi connectivity index (χ4v) is 1.77. The van der Waals surface area contributed by atoms with Crippen LogP contribution in [0.2, 0.25) is 0 Å². The predicted molar refractivity (Wildman–Crippen MR) is 91.5 cm³/mol. The topological polar surface area (TPSA) is 79.8 Å². The average molecular weight is 339 g/mol. The van der Waals surface area contributed by atoms with E-state index in [-0.39, 0.29) is 6.61 Å². The van der Waals surface area contributed by atoms with E-state index in [1.54, 1.807) is 24.3 Å². The van der Waals surface area contributed by atoms with Gasteiger partial charge in [0.25, 0.3) is 0 Å². The highest BCUT2D eigenvalue weighted by molar-refractivity contribution is 6.39. The molecule has 0 saturated heterocycles. The second-order valence-electron chi connectivity index (χ2n) is 4.69. The SMILES string of the molecule is C#CCOc1ccccc1/C=N/NC(=O)C(=O)Nc1ccc(F)cc1. The van der Waals surface area contributed by atoms with E-state index in [1.807, 2.05) is 0 Å². The van der Waals surface area contributed by atoms with Crippen molar-refractivity contribution in [3.8, 4) is 18.1 Å². The standard InChI is InChI=1S/C18H14FN3O3/c1-2-11-25-16-6-4-3-5-13(16)12-20-22-18(24)17(23)21-15-9-7-14(19)8-10-15/h1,3-10,12H,11H2,(H,21,23)(H,22,24)/b20-12+. The molecular weight excluding hydrogens is 325 g/mol. The van der Waals surface area contributed by atoms with Crippen molar-refractivity contribution in [3.63, 3.8) is 0 Å². The van der Waals surface area contributed by atoms with Crippen LogP contribution in [0.25, 0.3) is 0 Å². The molecule has 25 heavy (non-hydrogen) atoms. The van der Waals surface area contributed by atoms with Crippen molar-refractivity contribution in [1.82, 2.24) is 5.43 Å². The molecule has 7 heteroatoms. The molecule has 2 aromatic rings. The quantitative estimate of drug-likeness (QED) is 0.378. The molecule has 6 nitrogen and oxygen atoms in total. The average Bonchev–Trinajstić information content (AvgIpc) is 2.62. The Balaban J connectivity index is 1.93. The lowest BCUT2D eigenvalue weighted by Gasteiger charge is -2.06. The number of carbonyl (C=O) groups is 2. The maximum Gasteiger partial charge on any atom is 0.329 e. The summed E-state index contributed by atoms with van der Waals surface area (Å²) < 4.78 is 18.1. The molecule has 0 aliphatic heterocycles. The van der Waals surface area contributed by atoms with E-state index in [9.17, 15) is 14.0 Å². The van der Waals surface area contributed by atoms with Gasteiger partial charge in [-0.3, -0.25) is 9.59 Å². The van der Waals surface area contributed by atoms with Gasteiger partial charge >= 0.3 is 11.8 Å². The van der Waals surface area contributed by atoms with Gasteiger partial charge in [0.1, 0.15) is 18.2 Å². The minimum absolute atomic E-state index is 0.0945. The monoisotopic (exact) mass is 339 g/mol. The second-order valence-corrected chi connectivity index (χ2v) is 4.69. The van der Waals surface area contributed by atoms with Gasteiger partial charge in [0.15, 0.2) is 0 Å². The Morgan fingerprint density at radius 2 is 1.88 bits per heavy atom. The van der Waals surface area contributed by atoms with Gasteiger partial charge in [-0.05, 0) is 36.4 Å². The molecule has 0 aromatic heterocycles. The zero-order valence-corrected chi connectivity index (χ0v) is 13.0. The zero-order valence-electron chi connectivity index (χ0n) is 13.0. The third kappa shape index (κ3) is 5.48. The van der Waals surface area contributed by atoms with Gasteiger partial charge in [-0.2, -0.15) is 5.10 Å². The van der Waals surface area contributed by atoms with E-state index in [1.165, 1.54) is 30.5 Å². The van der Waals surface area contributed by atoms with E-state index in [0.717, 1.165) is 0 Å². The molecular formula is C18H14FN3O3. The van der Waals surface area contributed by atoms with Crippen molar-refractivity contribution in [1.29, 1.82) is 0 Å². The fraction of sp³-hybridized carbons (Fsp3) is 0.0556. The minimum Gasteiger partial charge on any atom is -0.480 e. The van der Waals surface area contributed by atoms with Crippen molar-refractivity contribution >= 4 is 23.7 Å². The summed E-state index contributed by atoms with van der Waals surface area (Å²) >= 11 is 0. The molecule has 2 aromatic carbocycles. The Morgan fingerprint density at radius 3 is 2.60 bits per heavy atom. The van der Waals surface area contributed by atoms with Crippen molar-refractivity contribution in [2.45, 2.75) is 0 Å². The first-order valence-electron chi connectivity index (χ1n) is 7.15. The number of hydrazone groups is 1. The lowest BCUT2D eigenvalue weighted by Crippen LogP contribution is -2.32. The van der Waals surface area contributed by atoms with Crippen LogP contribution in [0.5, 0.6) is 5.75 Å². The van der Waals surface area contributed by atoms with Gasteiger partial charge in [0, 0.05) is 11.3 Å². The number of terminal acetylenes is 1. The molecule has 126 valence electrons. The number of hydrogen-bond donors (Lipinski definition) is 2. The maximum atomic E-state index is 12.8. The number of anilines is 1. The Morgan fingerprint density at radius 1 is 1.16 bits per heavy atom. The van der Waals surface area contributed by atoms with Crippen LogP contribution in [0.4, 0.5) is 10.1 Å². The van der Waals surface area contributed by atoms with Gasteiger partial charge in [-0.15, -0.1) is 6.42 Å². The summed E-state index contributed by atoms with van der Waals surface area (Å²) in [6.07, 6.45) is 6.47. The Kier molecular flexibility index (Phi) is 6.25. The second kappa shape index (κ2) is 8.84. The molecule has 0 aliphatic carbocycles. The fourth-order valence-electron chi connectivity index (χ4n) is 1.77. The summed E-state index contributed by atoms with van der Waals surface area (Å²) in [6.45, 7) is 0.0945. The normalized spacial score (nSPS) is 10.1. The summed E-state index contributed by atoms with van der Waals surface area (Å²) in [6, 6.07) is 11.9. The highest BCUT2D eigenvalue weighted by Crippen LogP contribution is 2.15. The van der Waals surface area contributed by atoms with Gasteiger partial charge in [0.2, 0.25) is 0 Å². The predicted octanol–water partition coefficient (Wildman–Crippen LogP) is 1.93. The summed E-state index contributed by atoms with van der Waals surface area (Å²) in [5.41, 5.74) is 2.97. The first-order valence-corrected chi connectivity index (χ1v) is 7.15. The van der Waals surface area contributed by atoms with E-state index in [4.69, 9.17) is 11.2 Å². The minimum atomic E-state index is -0.970. The number of amides is 2. The summed E-state index contributed by atoms with van der Waals surface area (Å²) in [7, 11) is 0. The van der Waals surface area contributed by atoms with E-state index in [0.29, 0.717) is 17.0 Å². The molecule has 0 spiro atoms. The molecule has 0 aliphatic rings. The van der Waals surface area contributed by atoms with Crippen molar-refractivity contribution in [3.05, 3.63) is 59.9 Å². The van der Waals surface area contributed by atoms with Crippen LogP contribution >= 0.6 is 0 Å². The van der Waals surface area contributed by atoms with Crippen LogP contribution in [0, 0.1) is 18.2 Å². The van der Waals surface area contributed by atoms with Gasteiger partial charge in [0.05, 0.1) is 6.21 Å². The van der Waals surface area contributed by atoms with Gasteiger partial charge in [-0.25, -0.2) is 9.82 Å². The Labute approximate surface area is 143 Å². The molecule has 0 fully saturated rings. The smallest absolute Gasteiger partial charge is 0.329 e. The summed E-state index contributed by atoms with van der Waals surface area (Å²) in [5.74, 6) is 0.495. The molecule has 0 saturated carbocycles. The number of nitrogens with one attached hydrogen (secondary N) is 2. The number of ether oxygens (including phenoxy) is 1. The lowest BCUT2D eigenvalue weighted by molar-refractivity contribution is -0.136. The number of rotatable bonds is 5. The molecule has 0 bridgehead atoms. The van der Waals surface area contributed by atoms with Crippen molar-refractivity contribution in [2.24, 2.45) is 5.10 Å². The summed E-state index contributed by atoms with van der Waals surface area (Å²) in [5, 5.41) is 6.03. The van der Waals surface area contributed by atoms with Crippen LogP contribution < -0.4 is 15.5 Å². The maximum absolute atomic E-state index is 12.8. The van der Waals surface area contributed by atoms with E-state index >= 15 is 0 Å². The highest BCUT2D eigenvalue weighted by Gasteiger charge is 2.12. The van der Waals surface area contributed by atoms with E-state index < -0.39 is 17.6 Å². The number of hydrogen-bond acceptors (Lipinski definition) is 4. The number of halogens is 1. The van der Waals surface area contributed by atoms with Crippen LogP contribution in [0.3, 0.4) is 0 Å². The number of benzene rings is 2. The number of para-hydroxylation sites is 1. The van der Waals surface area contributed by atoms with Gasteiger partial charge < -0.3 is 10.1 Å². The van der Waals surface area contributed by atoms with Crippen LogP contribution in [-0.4, -0.2) is 24.6 Å². The van der Waals surface area contributed by atoms with Crippen molar-refractivity contribution < 1.29 is 18.7 Å². The molecule has 2 N–H and O–H groups in total. The van der Waals surface area contributed by atoms with E-state index in [2.05, 4.69) is 21.8 Å². The first kappa shape index (κ1) is 17.7. The Bertz CT molecular complexity index is 826. The molecule has 0 atom stereocenters. The molecule has 2 amide bonds. The molecule has 0 unspecified atom stereocenters. The van der Waals surface area contributed by atoms with Crippen molar-refractivity contribution in [2.75, 3.05) is 11.9 Å². The molecule has 2 rings (SSSR count). The van der Waals surface area contributed by atoms with Crippen LogP contribution in [-0.2, 0) is 9.59 Å². The summed E-state index contributed by atoms with van der Waals surface area (Å²) in [4.78, 5) is 23.4. The zero-order chi connectivity index (χ0) is 18.1. The third-order valence-corrected chi connectivity index (χ3v) is 2.91. The lowest BCUT2D eigenvalue weighted by atomic mass is 10.2. The highest BCUT2D eigenvalue weighted by atomic mass is 19.1. The first-order chi connectivity index (χ1) is 12.1. The van der Waals surface area contributed by atoms with Crippen LogP contribution in [0.15, 0.2) is 53.6 Å². The number of carbonyl (C=O) groups excluding carboxylic acids is 2.